The summed E-state index contributed by atoms with van der Waals surface area (Å²) < 4.78 is 4.60. The number of ether oxygens (including phenoxy) is 1. The first-order valence-corrected chi connectivity index (χ1v) is 6.88. The highest BCUT2D eigenvalue weighted by Crippen LogP contribution is 2.26. The van der Waals surface area contributed by atoms with Crippen molar-refractivity contribution in [1.82, 2.24) is 5.32 Å². The lowest BCUT2D eigenvalue weighted by Gasteiger charge is -2.28. The van der Waals surface area contributed by atoms with Crippen LogP contribution in [-0.2, 0) is 9.53 Å². The third kappa shape index (κ3) is 4.89. The lowest BCUT2D eigenvalue weighted by molar-refractivity contribution is -0.140. The Balaban J connectivity index is 2.12. The summed E-state index contributed by atoms with van der Waals surface area (Å²) in [5.74, 6) is -0.125. The maximum atomic E-state index is 10.9. The molecule has 2 unspecified atom stereocenters. The molecule has 1 saturated carbocycles. The third-order valence-electron chi connectivity index (χ3n) is 2.95. The van der Waals surface area contributed by atoms with Gasteiger partial charge in [0, 0.05) is 17.8 Å². The number of esters is 1. The van der Waals surface area contributed by atoms with Crippen molar-refractivity contribution in [3.05, 3.63) is 0 Å². The number of carbonyl (C=O) groups excluding carboxylic acids is 1. The van der Waals surface area contributed by atoms with E-state index in [2.05, 4.69) is 16.3 Å². The summed E-state index contributed by atoms with van der Waals surface area (Å²) in [7, 11) is 1.44. The second-order valence-electron chi connectivity index (χ2n) is 4.00. The Hall–Kier alpha value is -0.220. The summed E-state index contributed by atoms with van der Waals surface area (Å²) in [6, 6.07) is 0.598. The molecule has 0 amide bonds. The van der Waals surface area contributed by atoms with Gasteiger partial charge in [0.2, 0.25) is 0 Å². The first-order valence-electron chi connectivity index (χ1n) is 5.59. The fraction of sp³-hybridized carbons (Fsp3) is 0.909. The van der Waals surface area contributed by atoms with Crippen molar-refractivity contribution in [2.75, 3.05) is 19.9 Å². The van der Waals surface area contributed by atoms with Crippen LogP contribution in [-0.4, -0.2) is 37.2 Å². The van der Waals surface area contributed by atoms with Crippen molar-refractivity contribution in [2.24, 2.45) is 0 Å². The summed E-state index contributed by atoms with van der Waals surface area (Å²) in [5.41, 5.74) is 0. The van der Waals surface area contributed by atoms with E-state index in [4.69, 9.17) is 0 Å². The summed E-state index contributed by atoms with van der Waals surface area (Å²) in [4.78, 5) is 10.9. The number of hydrogen-bond donors (Lipinski definition) is 1. The minimum atomic E-state index is -0.125. The van der Waals surface area contributed by atoms with Crippen LogP contribution in [0.5, 0.6) is 0 Å². The number of rotatable bonds is 5. The molecular weight excluding hydrogens is 210 g/mol. The second kappa shape index (κ2) is 7.12. The van der Waals surface area contributed by atoms with Crippen LogP contribution in [0.25, 0.3) is 0 Å². The maximum absolute atomic E-state index is 10.9. The average Bonchev–Trinajstić information content (AvgIpc) is 2.29. The molecule has 15 heavy (non-hydrogen) atoms. The second-order valence-corrected chi connectivity index (χ2v) is 5.14. The minimum absolute atomic E-state index is 0.125. The molecule has 0 aliphatic heterocycles. The molecule has 0 saturated heterocycles. The predicted octanol–water partition coefficient (Wildman–Crippen LogP) is 1.81. The molecule has 2 atom stereocenters. The van der Waals surface area contributed by atoms with Gasteiger partial charge in [-0.2, -0.15) is 11.8 Å². The molecule has 88 valence electrons. The molecule has 0 spiro atoms. The molecular formula is C11H21NO2S. The van der Waals surface area contributed by atoms with E-state index in [9.17, 15) is 4.79 Å². The molecule has 0 bridgehead atoms. The van der Waals surface area contributed by atoms with Gasteiger partial charge in [0.05, 0.1) is 13.5 Å². The van der Waals surface area contributed by atoms with Crippen molar-refractivity contribution in [1.29, 1.82) is 0 Å². The molecule has 1 N–H and O–H groups in total. The molecule has 0 radical (unpaired) electrons. The highest BCUT2D eigenvalue weighted by molar-refractivity contribution is 7.99. The molecule has 4 heteroatoms. The molecule has 1 rings (SSSR count). The van der Waals surface area contributed by atoms with E-state index >= 15 is 0 Å². The van der Waals surface area contributed by atoms with Gasteiger partial charge in [-0.05, 0) is 25.5 Å². The Bertz CT molecular complexity index is 199. The third-order valence-corrected chi connectivity index (χ3v) is 4.04. The molecule has 0 aromatic rings. The first kappa shape index (κ1) is 12.8. The zero-order chi connectivity index (χ0) is 11.1. The Morgan fingerprint density at radius 1 is 1.53 bits per heavy atom. The van der Waals surface area contributed by atoms with Gasteiger partial charge in [-0.3, -0.25) is 4.79 Å². The Morgan fingerprint density at radius 3 is 3.00 bits per heavy atom. The van der Waals surface area contributed by atoms with Crippen molar-refractivity contribution >= 4 is 17.7 Å². The van der Waals surface area contributed by atoms with Crippen molar-refractivity contribution in [3.8, 4) is 0 Å². The highest BCUT2D eigenvalue weighted by Gasteiger charge is 2.20. The predicted molar refractivity (Wildman–Crippen MR) is 64.2 cm³/mol. The number of nitrogens with one attached hydrogen (secondary N) is 1. The highest BCUT2D eigenvalue weighted by atomic mass is 32.2. The lowest BCUT2D eigenvalue weighted by atomic mass is 9.95. The van der Waals surface area contributed by atoms with E-state index < -0.39 is 0 Å². The lowest BCUT2D eigenvalue weighted by Crippen LogP contribution is -2.36. The number of carbonyl (C=O) groups is 1. The van der Waals surface area contributed by atoms with Gasteiger partial charge in [-0.15, -0.1) is 0 Å². The molecule has 1 aliphatic rings. The van der Waals surface area contributed by atoms with Crippen LogP contribution < -0.4 is 5.32 Å². The summed E-state index contributed by atoms with van der Waals surface area (Å²) in [5, 5.41) is 4.24. The number of hydrogen-bond acceptors (Lipinski definition) is 4. The molecule has 1 aliphatic carbocycles. The molecule has 3 nitrogen and oxygen atoms in total. The Labute approximate surface area is 96.3 Å². The molecule has 1 fully saturated rings. The normalized spacial score (nSPS) is 26.3. The van der Waals surface area contributed by atoms with Gasteiger partial charge in [0.25, 0.3) is 0 Å². The van der Waals surface area contributed by atoms with Crippen LogP contribution in [0.15, 0.2) is 0 Å². The van der Waals surface area contributed by atoms with E-state index in [1.165, 1.54) is 32.8 Å². The van der Waals surface area contributed by atoms with E-state index in [0.29, 0.717) is 12.5 Å². The summed E-state index contributed by atoms with van der Waals surface area (Å²) >= 11 is 1.96. The van der Waals surface area contributed by atoms with Gasteiger partial charge in [0.15, 0.2) is 0 Å². The number of thioether (sulfide) groups is 1. The SMILES string of the molecule is COC(=O)CCNC1CCCC(SC)C1. The number of methoxy groups -OCH3 is 1. The Morgan fingerprint density at radius 2 is 2.33 bits per heavy atom. The Kier molecular flexibility index (Phi) is 6.10. The van der Waals surface area contributed by atoms with E-state index in [-0.39, 0.29) is 5.97 Å². The molecule has 0 heterocycles. The average molecular weight is 231 g/mol. The fourth-order valence-corrected chi connectivity index (χ4v) is 2.85. The maximum Gasteiger partial charge on any atom is 0.306 e. The van der Waals surface area contributed by atoms with Crippen LogP contribution in [0.1, 0.15) is 32.1 Å². The zero-order valence-electron chi connectivity index (χ0n) is 9.62. The molecule has 0 aromatic carbocycles. The van der Waals surface area contributed by atoms with Gasteiger partial charge in [-0.25, -0.2) is 0 Å². The van der Waals surface area contributed by atoms with Crippen LogP contribution in [0.4, 0.5) is 0 Å². The van der Waals surface area contributed by atoms with E-state index in [1.807, 2.05) is 11.8 Å². The van der Waals surface area contributed by atoms with E-state index in [0.717, 1.165) is 11.8 Å². The van der Waals surface area contributed by atoms with Crippen LogP contribution in [0, 0.1) is 0 Å². The van der Waals surface area contributed by atoms with Gasteiger partial charge < -0.3 is 10.1 Å². The van der Waals surface area contributed by atoms with Crippen LogP contribution in [0.2, 0.25) is 0 Å². The van der Waals surface area contributed by atoms with Gasteiger partial charge in [-0.1, -0.05) is 6.42 Å². The smallest absolute Gasteiger partial charge is 0.306 e. The fourth-order valence-electron chi connectivity index (χ4n) is 2.02. The van der Waals surface area contributed by atoms with Crippen LogP contribution >= 0.6 is 11.8 Å². The topological polar surface area (TPSA) is 38.3 Å². The minimum Gasteiger partial charge on any atom is -0.469 e. The summed E-state index contributed by atoms with van der Waals surface area (Å²) in [6.07, 6.45) is 7.80. The van der Waals surface area contributed by atoms with Crippen molar-refractivity contribution in [2.45, 2.75) is 43.4 Å². The summed E-state index contributed by atoms with van der Waals surface area (Å²) in [6.45, 7) is 0.748. The standard InChI is InChI=1S/C11H21NO2S/c1-14-11(13)6-7-12-9-4-3-5-10(8-9)15-2/h9-10,12H,3-8H2,1-2H3. The van der Waals surface area contributed by atoms with Gasteiger partial charge in [0.1, 0.15) is 0 Å². The quantitative estimate of drug-likeness (QED) is 0.732. The van der Waals surface area contributed by atoms with Crippen molar-refractivity contribution < 1.29 is 9.53 Å². The van der Waals surface area contributed by atoms with Crippen molar-refractivity contribution in [3.63, 3.8) is 0 Å². The van der Waals surface area contributed by atoms with Gasteiger partial charge >= 0.3 is 5.97 Å². The van der Waals surface area contributed by atoms with E-state index in [1.54, 1.807) is 0 Å². The monoisotopic (exact) mass is 231 g/mol. The molecule has 0 aromatic heterocycles. The van der Waals surface area contributed by atoms with Crippen LogP contribution in [0.3, 0.4) is 0 Å². The first-order chi connectivity index (χ1) is 7.26. The largest absolute Gasteiger partial charge is 0.469 e. The zero-order valence-corrected chi connectivity index (χ0v) is 10.4.